The van der Waals surface area contributed by atoms with E-state index in [0.717, 1.165) is 62.5 Å². The molecule has 0 unspecified atom stereocenters. The van der Waals surface area contributed by atoms with Gasteiger partial charge in [-0.05, 0) is 73.2 Å². The Kier molecular flexibility index (Phi) is 10.2. The van der Waals surface area contributed by atoms with E-state index in [1.807, 2.05) is 24.3 Å². The van der Waals surface area contributed by atoms with Crippen LogP contribution in [0.5, 0.6) is 46.5 Å². The molecular formula is C32H30Cl4N2O4. The highest BCUT2D eigenvalue weighted by atomic mass is 35.5. The number of hydrogen-bond acceptors (Lipinski definition) is 6. The van der Waals surface area contributed by atoms with Crippen molar-refractivity contribution < 1.29 is 18.9 Å². The van der Waals surface area contributed by atoms with Crippen molar-refractivity contribution in [2.24, 2.45) is 0 Å². The third-order valence-electron chi connectivity index (χ3n) is 6.61. The van der Waals surface area contributed by atoms with Gasteiger partial charge in [0.1, 0.15) is 43.1 Å². The second-order valence-electron chi connectivity index (χ2n) is 10.1. The number of unbranched alkanes of at least 4 members (excludes halogenated alkanes) is 4. The summed E-state index contributed by atoms with van der Waals surface area (Å²) in [7, 11) is 0. The van der Waals surface area contributed by atoms with E-state index in [1.165, 1.54) is 0 Å². The Morgan fingerprint density at radius 1 is 0.452 bits per heavy atom. The topological polar surface area (TPSA) is 62.7 Å². The molecule has 0 spiro atoms. The number of halogens is 4. The van der Waals surface area contributed by atoms with Gasteiger partial charge in [0.25, 0.3) is 0 Å². The zero-order valence-corrected chi connectivity index (χ0v) is 26.3. The van der Waals surface area contributed by atoms with E-state index in [0.29, 0.717) is 23.0 Å². The molecule has 0 atom stereocenters. The van der Waals surface area contributed by atoms with Crippen LogP contribution >= 0.6 is 46.4 Å². The molecular weight excluding hydrogens is 618 g/mol. The maximum atomic E-state index is 6.51. The standard InChI is InChI=1S/C32H30Cl4N2O4/c1-3-5-7-9-19-11-21-15-22(12-19)40-30-26(34)18-28(36)32(38-30)42-24-14-20(10-8-6-4-2)13-23(16-24)41-31-27(35)17-25(33)29(37-31)39-21/h11-18H,3-10H2,1-2H3. The normalized spacial score (nSPS) is 12.1. The average molecular weight is 648 g/mol. The Hall–Kier alpha value is -2.90. The summed E-state index contributed by atoms with van der Waals surface area (Å²) in [6, 6.07) is 14.2. The molecule has 0 aliphatic carbocycles. The smallest absolute Gasteiger partial charge is 0.241 e. The first-order valence-corrected chi connectivity index (χ1v) is 15.5. The molecule has 0 saturated carbocycles. The number of fused-ring (bicyclic) bond motifs is 8. The summed E-state index contributed by atoms with van der Waals surface area (Å²) in [5, 5.41) is 0.932. The fourth-order valence-corrected chi connectivity index (χ4v) is 5.42. The number of hydrogen-bond donors (Lipinski definition) is 0. The lowest BCUT2D eigenvalue weighted by atomic mass is 10.1. The van der Waals surface area contributed by atoms with Crippen LogP contribution in [0.1, 0.15) is 63.5 Å². The van der Waals surface area contributed by atoms with Crippen molar-refractivity contribution in [1.29, 1.82) is 0 Å². The average Bonchev–Trinajstić information content (AvgIpc) is 2.94. The second kappa shape index (κ2) is 14.0. The van der Waals surface area contributed by atoms with Crippen LogP contribution in [0.15, 0.2) is 48.5 Å². The van der Waals surface area contributed by atoms with E-state index in [2.05, 4.69) is 23.8 Å². The van der Waals surface area contributed by atoms with Gasteiger partial charge in [0.2, 0.25) is 23.5 Å². The zero-order valence-electron chi connectivity index (χ0n) is 23.3. The second-order valence-corrected chi connectivity index (χ2v) is 11.7. The third-order valence-corrected chi connectivity index (χ3v) is 7.69. The molecule has 3 heterocycles. The molecule has 0 saturated heterocycles. The molecule has 4 aromatic rings. The molecule has 42 heavy (non-hydrogen) atoms. The summed E-state index contributed by atoms with van der Waals surface area (Å²) in [6.07, 6.45) is 8.05. The number of ether oxygens (including phenoxy) is 4. The molecule has 8 bridgehead atoms. The van der Waals surface area contributed by atoms with Gasteiger partial charge in [-0.25, -0.2) is 0 Å². The van der Waals surface area contributed by atoms with E-state index >= 15 is 0 Å². The van der Waals surface area contributed by atoms with Crippen LogP contribution in [0.4, 0.5) is 0 Å². The van der Waals surface area contributed by atoms with Crippen LogP contribution in [0.2, 0.25) is 20.1 Å². The van der Waals surface area contributed by atoms with Crippen molar-refractivity contribution in [3.8, 4) is 46.5 Å². The zero-order chi connectivity index (χ0) is 29.6. The monoisotopic (exact) mass is 646 g/mol. The Bertz CT molecular complexity index is 1370. The van der Waals surface area contributed by atoms with Gasteiger partial charge in [0.15, 0.2) is 0 Å². The SMILES string of the molecule is CCCCCc1cc2cc(c1)Oc1nc(c(Cl)cc1Cl)Oc1cc(CCCCC)cc(c1)Oc1nc(c(Cl)cc1Cl)O2. The predicted octanol–water partition coefficient (Wildman–Crippen LogP) is 12.0. The van der Waals surface area contributed by atoms with Gasteiger partial charge in [-0.2, -0.15) is 9.97 Å². The predicted molar refractivity (Wildman–Crippen MR) is 168 cm³/mol. The molecule has 6 nitrogen and oxygen atoms in total. The highest BCUT2D eigenvalue weighted by Gasteiger charge is 2.19. The van der Waals surface area contributed by atoms with Crippen molar-refractivity contribution in [2.75, 3.05) is 0 Å². The number of aromatic nitrogens is 2. The highest BCUT2D eigenvalue weighted by molar-refractivity contribution is 6.36. The number of rotatable bonds is 8. The first-order valence-electron chi connectivity index (χ1n) is 14.0. The van der Waals surface area contributed by atoms with Gasteiger partial charge in [0.05, 0.1) is 0 Å². The molecule has 2 aromatic carbocycles. The van der Waals surface area contributed by atoms with E-state index in [4.69, 9.17) is 65.4 Å². The van der Waals surface area contributed by atoms with Crippen molar-refractivity contribution in [3.63, 3.8) is 0 Å². The van der Waals surface area contributed by atoms with Crippen LogP contribution in [0.25, 0.3) is 0 Å². The van der Waals surface area contributed by atoms with Crippen molar-refractivity contribution >= 4 is 46.4 Å². The lowest BCUT2D eigenvalue weighted by Gasteiger charge is -2.16. The number of nitrogens with zero attached hydrogens (tertiary/aromatic N) is 2. The van der Waals surface area contributed by atoms with Crippen molar-refractivity contribution in [2.45, 2.75) is 65.2 Å². The minimum Gasteiger partial charge on any atom is -0.437 e. The van der Waals surface area contributed by atoms with E-state index in [-0.39, 0.29) is 43.6 Å². The van der Waals surface area contributed by atoms with Crippen LogP contribution in [0, 0.1) is 0 Å². The van der Waals surface area contributed by atoms with Gasteiger partial charge in [-0.3, -0.25) is 0 Å². The largest absolute Gasteiger partial charge is 0.437 e. The summed E-state index contributed by atoms with van der Waals surface area (Å²) in [5.41, 5.74) is 2.01. The third kappa shape index (κ3) is 7.73. The molecule has 0 radical (unpaired) electrons. The van der Waals surface area contributed by atoms with Gasteiger partial charge < -0.3 is 18.9 Å². The van der Waals surface area contributed by atoms with Gasteiger partial charge in [-0.15, -0.1) is 0 Å². The lowest BCUT2D eigenvalue weighted by molar-refractivity contribution is 0.406. The maximum absolute atomic E-state index is 6.51. The summed E-state index contributed by atoms with van der Waals surface area (Å²) in [4.78, 5) is 9.05. The lowest BCUT2D eigenvalue weighted by Crippen LogP contribution is -1.99. The van der Waals surface area contributed by atoms with E-state index in [9.17, 15) is 0 Å². The Morgan fingerprint density at radius 3 is 1.05 bits per heavy atom. The summed E-state index contributed by atoms with van der Waals surface area (Å²) < 4.78 is 24.7. The molecule has 220 valence electrons. The molecule has 1 aliphatic rings. The minimum atomic E-state index is 0.139. The maximum Gasteiger partial charge on any atom is 0.241 e. The Balaban J connectivity index is 1.63. The van der Waals surface area contributed by atoms with Crippen LogP contribution in [-0.2, 0) is 12.8 Å². The fraction of sp³-hybridized carbons (Fsp3) is 0.312. The first-order chi connectivity index (χ1) is 20.3. The summed E-state index contributed by atoms with van der Waals surface area (Å²) in [5.74, 6) is 2.43. The number of benzene rings is 2. The van der Waals surface area contributed by atoms with Crippen molar-refractivity contribution in [1.82, 2.24) is 9.97 Å². The molecule has 0 amide bonds. The fourth-order valence-electron chi connectivity index (χ4n) is 4.54. The minimum absolute atomic E-state index is 0.139. The Morgan fingerprint density at radius 2 is 0.762 bits per heavy atom. The number of aryl methyl sites for hydroxylation is 2. The van der Waals surface area contributed by atoms with Crippen LogP contribution in [-0.4, -0.2) is 9.97 Å². The number of pyridine rings is 2. The Labute approximate surface area is 265 Å². The van der Waals surface area contributed by atoms with Crippen LogP contribution < -0.4 is 18.9 Å². The van der Waals surface area contributed by atoms with Crippen LogP contribution in [0.3, 0.4) is 0 Å². The van der Waals surface area contributed by atoms with Gasteiger partial charge in [-0.1, -0.05) is 85.9 Å². The highest BCUT2D eigenvalue weighted by Crippen LogP contribution is 2.42. The van der Waals surface area contributed by atoms with Crippen molar-refractivity contribution in [3.05, 3.63) is 79.7 Å². The first kappa shape index (κ1) is 30.6. The molecule has 5 rings (SSSR count). The van der Waals surface area contributed by atoms with E-state index in [1.54, 1.807) is 24.3 Å². The van der Waals surface area contributed by atoms with E-state index < -0.39 is 0 Å². The molecule has 2 aromatic heterocycles. The summed E-state index contributed by atoms with van der Waals surface area (Å²) >= 11 is 26.0. The molecule has 0 N–H and O–H groups in total. The van der Waals surface area contributed by atoms with Gasteiger partial charge >= 0.3 is 0 Å². The molecule has 10 heteroatoms. The molecule has 1 aliphatic heterocycles. The quantitative estimate of drug-likeness (QED) is 0.156. The summed E-state index contributed by atoms with van der Waals surface area (Å²) in [6.45, 7) is 4.32. The molecule has 0 fully saturated rings. The van der Waals surface area contributed by atoms with Gasteiger partial charge in [0, 0.05) is 12.1 Å².